The number of halogens is 3. The van der Waals surface area contributed by atoms with E-state index in [4.69, 9.17) is 0 Å². The highest BCUT2D eigenvalue weighted by atomic mass is 35.5. The molecule has 1 saturated heterocycles. The topological polar surface area (TPSA) is 45.2 Å². The van der Waals surface area contributed by atoms with Crippen LogP contribution in [0.15, 0.2) is 42.6 Å². The average Bonchev–Trinajstić information content (AvgIpc) is 2.92. The van der Waals surface area contributed by atoms with Gasteiger partial charge in [0.25, 0.3) is 5.91 Å². The Morgan fingerprint density at radius 3 is 2.77 bits per heavy atom. The molecule has 1 fully saturated rings. The molecule has 1 aromatic heterocycles. The van der Waals surface area contributed by atoms with Crippen LogP contribution in [0.2, 0.25) is 0 Å². The lowest BCUT2D eigenvalue weighted by atomic mass is 10.0. The van der Waals surface area contributed by atoms with Crippen LogP contribution in [0.5, 0.6) is 0 Å². The zero-order valence-electron chi connectivity index (χ0n) is 14.3. The van der Waals surface area contributed by atoms with Crippen LogP contribution in [0, 0.1) is 11.6 Å². The van der Waals surface area contributed by atoms with Gasteiger partial charge in [-0.1, -0.05) is 12.1 Å². The first-order valence-corrected chi connectivity index (χ1v) is 8.52. The van der Waals surface area contributed by atoms with Crippen molar-refractivity contribution in [3.63, 3.8) is 0 Å². The maximum absolute atomic E-state index is 14.1. The summed E-state index contributed by atoms with van der Waals surface area (Å²) in [7, 11) is 0. The molecule has 1 atom stereocenters. The Hall–Kier alpha value is -2.05. The van der Waals surface area contributed by atoms with Gasteiger partial charge in [-0.05, 0) is 56.6 Å². The third-order valence-electron chi connectivity index (χ3n) is 4.49. The molecule has 1 unspecified atom stereocenters. The number of aromatic nitrogens is 1. The van der Waals surface area contributed by atoms with Crippen molar-refractivity contribution < 1.29 is 13.6 Å². The summed E-state index contributed by atoms with van der Waals surface area (Å²) in [5.41, 5.74) is 0.498. The maximum Gasteiger partial charge on any atom is 0.257 e. The van der Waals surface area contributed by atoms with Crippen molar-refractivity contribution >= 4 is 18.3 Å². The van der Waals surface area contributed by atoms with E-state index in [1.165, 1.54) is 12.1 Å². The fourth-order valence-corrected chi connectivity index (χ4v) is 3.17. The van der Waals surface area contributed by atoms with Gasteiger partial charge < -0.3 is 10.2 Å². The van der Waals surface area contributed by atoms with Crippen LogP contribution >= 0.6 is 12.4 Å². The highest BCUT2D eigenvalue weighted by molar-refractivity contribution is 5.94. The van der Waals surface area contributed by atoms with Gasteiger partial charge >= 0.3 is 0 Å². The molecule has 3 rings (SSSR count). The molecular weight excluding hydrogens is 360 g/mol. The summed E-state index contributed by atoms with van der Waals surface area (Å²) in [5.74, 6) is -2.59. The first-order chi connectivity index (χ1) is 12.2. The molecule has 0 saturated carbocycles. The van der Waals surface area contributed by atoms with Gasteiger partial charge in [0.05, 0.1) is 17.8 Å². The van der Waals surface area contributed by atoms with Gasteiger partial charge in [0.15, 0.2) is 11.6 Å². The monoisotopic (exact) mass is 381 g/mol. The molecule has 1 aromatic carbocycles. The van der Waals surface area contributed by atoms with Crippen LogP contribution in [0.4, 0.5) is 8.78 Å². The fourth-order valence-electron chi connectivity index (χ4n) is 3.17. The summed E-state index contributed by atoms with van der Waals surface area (Å²) in [5, 5.41) is 3.31. The molecule has 26 heavy (non-hydrogen) atoms. The van der Waals surface area contributed by atoms with Gasteiger partial charge in [-0.15, -0.1) is 12.4 Å². The molecule has 2 heterocycles. The number of benzene rings is 1. The standard InChI is InChI=1S/C19H21F2N3O.ClH/c20-17-8-3-7-16(18(17)21)19(25)24(13-14-5-1-2-11-23-14)15-6-4-10-22-12-9-15;/h1-3,5,7-8,11,15,22H,4,6,9-10,12-13H2;1H. The summed E-state index contributed by atoms with van der Waals surface area (Å²) in [6.07, 6.45) is 4.19. The Labute approximate surface area is 158 Å². The molecule has 1 aliphatic rings. The average molecular weight is 382 g/mol. The normalized spacial score (nSPS) is 17.1. The van der Waals surface area contributed by atoms with Gasteiger partial charge in [-0.25, -0.2) is 8.78 Å². The lowest BCUT2D eigenvalue weighted by Crippen LogP contribution is -2.41. The van der Waals surface area contributed by atoms with E-state index in [1.54, 1.807) is 17.2 Å². The molecule has 0 spiro atoms. The third kappa shape index (κ3) is 4.77. The second-order valence-corrected chi connectivity index (χ2v) is 6.19. The van der Waals surface area contributed by atoms with Crippen molar-refractivity contribution in [1.82, 2.24) is 15.2 Å². The molecule has 1 aliphatic heterocycles. The smallest absolute Gasteiger partial charge is 0.257 e. The first-order valence-electron chi connectivity index (χ1n) is 8.52. The lowest BCUT2D eigenvalue weighted by Gasteiger charge is -2.31. The number of nitrogens with one attached hydrogen (secondary N) is 1. The Balaban J connectivity index is 0.00000243. The number of hydrogen-bond donors (Lipinski definition) is 1. The molecule has 1 amide bonds. The van der Waals surface area contributed by atoms with Gasteiger partial charge in [0.1, 0.15) is 0 Å². The van der Waals surface area contributed by atoms with Crippen molar-refractivity contribution in [2.45, 2.75) is 31.8 Å². The second kappa shape index (κ2) is 9.59. The van der Waals surface area contributed by atoms with Crippen LogP contribution in [-0.4, -0.2) is 34.9 Å². The maximum atomic E-state index is 14.1. The summed E-state index contributed by atoms with van der Waals surface area (Å²) < 4.78 is 27.7. The Morgan fingerprint density at radius 1 is 1.15 bits per heavy atom. The largest absolute Gasteiger partial charge is 0.330 e. The third-order valence-corrected chi connectivity index (χ3v) is 4.49. The molecule has 0 bridgehead atoms. The van der Waals surface area contributed by atoms with E-state index < -0.39 is 17.5 Å². The van der Waals surface area contributed by atoms with Crippen LogP contribution < -0.4 is 5.32 Å². The molecule has 0 aliphatic carbocycles. The SMILES string of the molecule is Cl.O=C(c1cccc(F)c1F)N(Cc1ccccn1)C1CCCNCC1. The lowest BCUT2D eigenvalue weighted by molar-refractivity contribution is 0.0636. The summed E-state index contributed by atoms with van der Waals surface area (Å²) in [4.78, 5) is 18.9. The minimum Gasteiger partial charge on any atom is -0.330 e. The van der Waals surface area contributed by atoms with Gasteiger partial charge in [0.2, 0.25) is 0 Å². The Bertz CT molecular complexity index is 722. The fraction of sp³-hybridized carbons (Fsp3) is 0.368. The van der Waals surface area contributed by atoms with Crippen molar-refractivity contribution in [3.8, 4) is 0 Å². The van der Waals surface area contributed by atoms with Gasteiger partial charge in [0, 0.05) is 12.2 Å². The summed E-state index contributed by atoms with van der Waals surface area (Å²) >= 11 is 0. The molecule has 1 N–H and O–H groups in total. The number of hydrogen-bond acceptors (Lipinski definition) is 3. The zero-order valence-corrected chi connectivity index (χ0v) is 15.1. The summed E-state index contributed by atoms with van der Waals surface area (Å²) in [6.45, 7) is 1.97. The van der Waals surface area contributed by atoms with Gasteiger partial charge in [-0.3, -0.25) is 9.78 Å². The Kier molecular flexibility index (Phi) is 7.48. The molecule has 4 nitrogen and oxygen atoms in total. The number of carbonyl (C=O) groups excluding carboxylic acids is 1. The number of amides is 1. The first kappa shape index (κ1) is 20.3. The van der Waals surface area contributed by atoms with Crippen molar-refractivity contribution in [1.29, 1.82) is 0 Å². The predicted octanol–water partition coefficient (Wildman–Crippen LogP) is 3.57. The molecule has 140 valence electrons. The highest BCUT2D eigenvalue weighted by Gasteiger charge is 2.28. The minimum atomic E-state index is -1.09. The molecule has 0 radical (unpaired) electrons. The van der Waals surface area contributed by atoms with E-state index in [2.05, 4.69) is 10.3 Å². The number of carbonyl (C=O) groups is 1. The van der Waals surface area contributed by atoms with E-state index in [9.17, 15) is 13.6 Å². The quantitative estimate of drug-likeness (QED) is 0.880. The summed E-state index contributed by atoms with van der Waals surface area (Å²) in [6, 6.07) is 9.16. The molecule has 7 heteroatoms. The van der Waals surface area contributed by atoms with E-state index in [-0.39, 0.29) is 30.6 Å². The van der Waals surface area contributed by atoms with Crippen LogP contribution in [0.1, 0.15) is 35.3 Å². The van der Waals surface area contributed by atoms with E-state index in [0.717, 1.165) is 44.1 Å². The number of pyridine rings is 1. The minimum absolute atomic E-state index is 0. The van der Waals surface area contributed by atoms with E-state index >= 15 is 0 Å². The predicted molar refractivity (Wildman–Crippen MR) is 98.2 cm³/mol. The second-order valence-electron chi connectivity index (χ2n) is 6.19. The molecule has 2 aromatic rings. The van der Waals surface area contributed by atoms with E-state index in [1.807, 2.05) is 12.1 Å². The van der Waals surface area contributed by atoms with Crippen molar-refractivity contribution in [2.75, 3.05) is 13.1 Å². The van der Waals surface area contributed by atoms with Crippen molar-refractivity contribution in [3.05, 3.63) is 65.5 Å². The highest BCUT2D eigenvalue weighted by Crippen LogP contribution is 2.21. The van der Waals surface area contributed by atoms with E-state index in [0.29, 0.717) is 0 Å². The van der Waals surface area contributed by atoms with Gasteiger partial charge in [-0.2, -0.15) is 0 Å². The zero-order chi connectivity index (χ0) is 17.6. The Morgan fingerprint density at radius 2 is 2.00 bits per heavy atom. The number of rotatable bonds is 4. The van der Waals surface area contributed by atoms with Crippen LogP contribution in [0.25, 0.3) is 0 Å². The van der Waals surface area contributed by atoms with Crippen molar-refractivity contribution in [2.24, 2.45) is 0 Å². The van der Waals surface area contributed by atoms with Crippen LogP contribution in [-0.2, 0) is 6.54 Å². The molecular formula is C19H22ClF2N3O. The number of nitrogens with zero attached hydrogens (tertiary/aromatic N) is 2. The van der Waals surface area contributed by atoms with Crippen LogP contribution in [0.3, 0.4) is 0 Å².